The molecule has 0 bridgehead atoms. The molecule has 1 amide bonds. The van der Waals surface area contributed by atoms with Crippen LogP contribution in [0.15, 0.2) is 24.5 Å². The number of hydrogen-bond donors (Lipinski definition) is 3. The normalized spacial score (nSPS) is 11.4. The van der Waals surface area contributed by atoms with Gasteiger partial charge in [-0.15, -0.1) is 0 Å². The lowest BCUT2D eigenvalue weighted by molar-refractivity contribution is 0.0943. The summed E-state index contributed by atoms with van der Waals surface area (Å²) in [5.74, 6) is -0.249. The van der Waals surface area contributed by atoms with Gasteiger partial charge in [0.05, 0.1) is 0 Å². The van der Waals surface area contributed by atoms with Crippen LogP contribution in [0.2, 0.25) is 0 Å². The van der Waals surface area contributed by atoms with Crippen LogP contribution in [0, 0.1) is 0 Å². The fourth-order valence-corrected chi connectivity index (χ4v) is 1.30. The minimum atomic E-state index is -0.249. The van der Waals surface area contributed by atoms with Crippen molar-refractivity contribution in [3.63, 3.8) is 0 Å². The Bertz CT molecular complexity index is 382. The second kappa shape index (κ2) is 6.80. The van der Waals surface area contributed by atoms with Gasteiger partial charge in [-0.2, -0.15) is 0 Å². The number of hydrazine groups is 1. The second-order valence-electron chi connectivity index (χ2n) is 3.60. The Balaban J connectivity index is 2.36. The van der Waals surface area contributed by atoms with Crippen molar-refractivity contribution in [1.82, 2.24) is 21.2 Å². The van der Waals surface area contributed by atoms with Crippen LogP contribution in [0.5, 0.6) is 0 Å². The molecule has 1 aromatic rings. The minimum Gasteiger partial charge on any atom is -0.359 e. The van der Waals surface area contributed by atoms with E-state index in [1.54, 1.807) is 24.5 Å². The van der Waals surface area contributed by atoms with Crippen molar-refractivity contribution in [3.8, 4) is 0 Å². The van der Waals surface area contributed by atoms with Gasteiger partial charge in [-0.05, 0) is 37.7 Å². The van der Waals surface area contributed by atoms with E-state index in [1.165, 1.54) is 0 Å². The molecule has 1 rings (SSSR count). The van der Waals surface area contributed by atoms with Crippen LogP contribution in [0.4, 0.5) is 0 Å². The average molecular weight is 252 g/mol. The van der Waals surface area contributed by atoms with Gasteiger partial charge in [0.2, 0.25) is 0 Å². The van der Waals surface area contributed by atoms with E-state index in [1.807, 2.05) is 6.92 Å². The van der Waals surface area contributed by atoms with Gasteiger partial charge in [0.25, 0.3) is 5.91 Å². The van der Waals surface area contributed by atoms with E-state index in [0.29, 0.717) is 10.7 Å². The SMILES string of the molecule is CC[C@H](C)NC(=S)NNC(=O)c1ccncc1. The van der Waals surface area contributed by atoms with E-state index in [9.17, 15) is 4.79 Å². The van der Waals surface area contributed by atoms with Crippen molar-refractivity contribution in [2.75, 3.05) is 0 Å². The maximum absolute atomic E-state index is 11.6. The highest BCUT2D eigenvalue weighted by Gasteiger charge is 2.05. The number of amides is 1. The zero-order valence-corrected chi connectivity index (χ0v) is 10.7. The second-order valence-corrected chi connectivity index (χ2v) is 4.01. The molecule has 0 aliphatic rings. The molecule has 1 atom stereocenters. The monoisotopic (exact) mass is 252 g/mol. The number of nitrogens with zero attached hydrogens (tertiary/aromatic N) is 1. The maximum Gasteiger partial charge on any atom is 0.269 e. The summed E-state index contributed by atoms with van der Waals surface area (Å²) >= 11 is 5.02. The summed E-state index contributed by atoms with van der Waals surface area (Å²) in [4.78, 5) is 15.5. The summed E-state index contributed by atoms with van der Waals surface area (Å²) in [6, 6.07) is 3.53. The number of carbonyl (C=O) groups excluding carboxylic acids is 1. The molecule has 1 heterocycles. The minimum absolute atomic E-state index is 0.249. The summed E-state index contributed by atoms with van der Waals surface area (Å²) in [5.41, 5.74) is 5.68. The van der Waals surface area contributed by atoms with Gasteiger partial charge in [-0.3, -0.25) is 20.6 Å². The Morgan fingerprint density at radius 3 is 2.65 bits per heavy atom. The quantitative estimate of drug-likeness (QED) is 0.553. The van der Waals surface area contributed by atoms with E-state index < -0.39 is 0 Å². The highest BCUT2D eigenvalue weighted by Crippen LogP contribution is 1.94. The van der Waals surface area contributed by atoms with Crippen LogP contribution < -0.4 is 16.2 Å². The van der Waals surface area contributed by atoms with Gasteiger partial charge >= 0.3 is 0 Å². The Morgan fingerprint density at radius 2 is 2.06 bits per heavy atom. The van der Waals surface area contributed by atoms with Crippen LogP contribution in [0.1, 0.15) is 30.6 Å². The third-order valence-corrected chi connectivity index (χ3v) is 2.44. The van der Waals surface area contributed by atoms with Crippen molar-refractivity contribution in [2.45, 2.75) is 26.3 Å². The molecule has 0 aromatic carbocycles. The molecule has 6 heteroatoms. The van der Waals surface area contributed by atoms with E-state index >= 15 is 0 Å². The molecule has 17 heavy (non-hydrogen) atoms. The number of hydrogen-bond acceptors (Lipinski definition) is 3. The van der Waals surface area contributed by atoms with Crippen molar-refractivity contribution >= 4 is 23.2 Å². The largest absolute Gasteiger partial charge is 0.359 e. The predicted molar refractivity (Wildman–Crippen MR) is 70.3 cm³/mol. The fourth-order valence-electron chi connectivity index (χ4n) is 1.05. The van der Waals surface area contributed by atoms with Crippen LogP contribution >= 0.6 is 12.2 Å². The molecule has 0 saturated heterocycles. The number of nitrogens with one attached hydrogen (secondary N) is 3. The molecule has 0 spiro atoms. The average Bonchev–Trinajstić information content (AvgIpc) is 2.36. The molecule has 5 nitrogen and oxygen atoms in total. The molecular weight excluding hydrogens is 236 g/mol. The van der Waals surface area contributed by atoms with E-state index in [2.05, 4.69) is 28.1 Å². The molecule has 0 unspecified atom stereocenters. The zero-order chi connectivity index (χ0) is 12.7. The third kappa shape index (κ3) is 4.78. The molecule has 1 aromatic heterocycles. The lowest BCUT2D eigenvalue weighted by Crippen LogP contribution is -2.48. The number of carbonyl (C=O) groups is 1. The van der Waals surface area contributed by atoms with Crippen LogP contribution in [-0.2, 0) is 0 Å². The van der Waals surface area contributed by atoms with Gasteiger partial charge < -0.3 is 5.32 Å². The summed E-state index contributed by atoms with van der Waals surface area (Å²) in [5, 5.41) is 3.43. The standard InChI is InChI=1S/C11H16N4OS/c1-3-8(2)13-11(17)15-14-10(16)9-4-6-12-7-5-9/h4-8H,3H2,1-2H3,(H,14,16)(H2,13,15,17)/t8-/m0/s1. The summed E-state index contributed by atoms with van der Waals surface area (Å²) in [7, 11) is 0. The summed E-state index contributed by atoms with van der Waals surface area (Å²) in [6.07, 6.45) is 4.08. The highest BCUT2D eigenvalue weighted by atomic mass is 32.1. The number of thiocarbonyl (C=S) groups is 1. The van der Waals surface area contributed by atoms with Crippen molar-refractivity contribution in [1.29, 1.82) is 0 Å². The molecule has 0 radical (unpaired) electrons. The Morgan fingerprint density at radius 1 is 1.41 bits per heavy atom. The molecule has 0 saturated carbocycles. The Kier molecular flexibility index (Phi) is 5.35. The lowest BCUT2D eigenvalue weighted by Gasteiger charge is -2.15. The first-order chi connectivity index (χ1) is 8.13. The van der Waals surface area contributed by atoms with Gasteiger partial charge in [0.1, 0.15) is 0 Å². The van der Waals surface area contributed by atoms with Crippen LogP contribution in [-0.4, -0.2) is 22.0 Å². The first-order valence-electron chi connectivity index (χ1n) is 5.40. The van der Waals surface area contributed by atoms with Crippen molar-refractivity contribution in [2.24, 2.45) is 0 Å². The van der Waals surface area contributed by atoms with Crippen molar-refractivity contribution in [3.05, 3.63) is 30.1 Å². The molecule has 92 valence electrons. The Labute approximate surface area is 106 Å². The van der Waals surface area contributed by atoms with E-state index in [0.717, 1.165) is 6.42 Å². The van der Waals surface area contributed by atoms with Gasteiger partial charge in [0, 0.05) is 24.0 Å². The van der Waals surface area contributed by atoms with E-state index in [4.69, 9.17) is 12.2 Å². The smallest absolute Gasteiger partial charge is 0.269 e. The number of rotatable bonds is 3. The van der Waals surface area contributed by atoms with Gasteiger partial charge in [0.15, 0.2) is 5.11 Å². The molecule has 0 aliphatic carbocycles. The summed E-state index contributed by atoms with van der Waals surface area (Å²) < 4.78 is 0. The molecule has 0 aliphatic heterocycles. The number of pyridine rings is 1. The third-order valence-electron chi connectivity index (χ3n) is 2.22. The number of aromatic nitrogens is 1. The first-order valence-corrected chi connectivity index (χ1v) is 5.81. The highest BCUT2D eigenvalue weighted by molar-refractivity contribution is 7.80. The molecule has 0 fully saturated rings. The first kappa shape index (κ1) is 13.4. The topological polar surface area (TPSA) is 66.0 Å². The lowest BCUT2D eigenvalue weighted by atomic mass is 10.2. The van der Waals surface area contributed by atoms with Gasteiger partial charge in [-0.1, -0.05) is 6.92 Å². The van der Waals surface area contributed by atoms with Crippen LogP contribution in [0.3, 0.4) is 0 Å². The predicted octanol–water partition coefficient (Wildman–Crippen LogP) is 0.989. The molecule has 3 N–H and O–H groups in total. The molecular formula is C11H16N4OS. The summed E-state index contributed by atoms with van der Waals surface area (Å²) in [6.45, 7) is 4.06. The Hall–Kier alpha value is -1.69. The maximum atomic E-state index is 11.6. The van der Waals surface area contributed by atoms with Crippen LogP contribution in [0.25, 0.3) is 0 Å². The van der Waals surface area contributed by atoms with Crippen molar-refractivity contribution < 1.29 is 4.79 Å². The van der Waals surface area contributed by atoms with E-state index in [-0.39, 0.29) is 11.9 Å². The fraction of sp³-hybridized carbons (Fsp3) is 0.364. The zero-order valence-electron chi connectivity index (χ0n) is 9.86. The van der Waals surface area contributed by atoms with Gasteiger partial charge in [-0.25, -0.2) is 0 Å².